The summed E-state index contributed by atoms with van der Waals surface area (Å²) in [6.07, 6.45) is 14.1. The Balaban J connectivity index is -0.000000793. The van der Waals surface area contributed by atoms with Crippen molar-refractivity contribution in [1.29, 1.82) is 0 Å². The van der Waals surface area contributed by atoms with Gasteiger partial charge in [-0.2, -0.15) is 8.42 Å². The summed E-state index contributed by atoms with van der Waals surface area (Å²) < 4.78 is 59.3. The van der Waals surface area contributed by atoms with Gasteiger partial charge in [-0.05, 0) is 13.5 Å². The standard InChI is InChI=1S/C17H35NO4S.C3H9NO3S.Na/c1-3-4-5-6-7-8-9-10-11-12-13-14-17(19)18(2)15-16-23(20,21)22;1-4-2-3-8(5,6)7;/h3-16H2,1-2H3,(H,20,21,22);4H,2-3H2,1H3,(H,5,6,7);/q;;+1/p-1. The number of nitrogens with zero attached hydrogens (tertiary/aromatic N) is 1. The van der Waals surface area contributed by atoms with E-state index in [1.807, 2.05) is 0 Å². The van der Waals surface area contributed by atoms with E-state index >= 15 is 0 Å². The van der Waals surface area contributed by atoms with E-state index in [1.165, 1.54) is 56.3 Å². The minimum Gasteiger partial charge on any atom is -0.748 e. The molecule has 0 saturated heterocycles. The van der Waals surface area contributed by atoms with E-state index in [0.29, 0.717) is 6.42 Å². The number of unbranched alkanes of at least 4 members (excludes halogenated alkanes) is 10. The van der Waals surface area contributed by atoms with Crippen LogP contribution in [-0.4, -0.2) is 75.4 Å². The smallest absolute Gasteiger partial charge is 0.748 e. The zero-order valence-electron chi connectivity index (χ0n) is 20.5. The van der Waals surface area contributed by atoms with Crippen molar-refractivity contribution in [1.82, 2.24) is 10.2 Å². The SMILES string of the molecule is CCCCCCCCCCCCCC(=O)N(C)CCS(=O)(=O)O.CNCCS(=O)(=O)[O-].[Na+]. The molecule has 0 aromatic rings. The number of nitrogens with one attached hydrogen (secondary N) is 1. The van der Waals surface area contributed by atoms with Gasteiger partial charge in [-0.3, -0.25) is 9.35 Å². The Kier molecular flexibility index (Phi) is 26.5. The zero-order valence-corrected chi connectivity index (χ0v) is 24.1. The van der Waals surface area contributed by atoms with Gasteiger partial charge in [0.25, 0.3) is 10.1 Å². The van der Waals surface area contributed by atoms with Crippen molar-refractivity contribution in [3.05, 3.63) is 0 Å². The summed E-state index contributed by atoms with van der Waals surface area (Å²) in [6, 6.07) is 0. The van der Waals surface area contributed by atoms with Gasteiger partial charge < -0.3 is 14.8 Å². The number of hydrogen-bond acceptors (Lipinski definition) is 7. The maximum Gasteiger partial charge on any atom is 1.00 e. The van der Waals surface area contributed by atoms with Crippen molar-refractivity contribution in [2.75, 3.05) is 38.7 Å². The fourth-order valence-corrected chi connectivity index (χ4v) is 3.69. The molecule has 2 N–H and O–H groups in total. The summed E-state index contributed by atoms with van der Waals surface area (Å²) in [5.74, 6) is -0.777. The van der Waals surface area contributed by atoms with Crippen LogP contribution in [0, 0.1) is 0 Å². The maximum atomic E-state index is 11.8. The monoisotopic (exact) mass is 510 g/mol. The average Bonchev–Trinajstić information content (AvgIpc) is 2.67. The molecule has 0 radical (unpaired) electrons. The first-order valence-corrected chi connectivity index (χ1v) is 14.4. The molecular weight excluding hydrogens is 467 g/mol. The molecule has 12 heteroatoms. The minimum absolute atomic E-state index is 0. The van der Waals surface area contributed by atoms with E-state index in [9.17, 15) is 26.2 Å². The summed E-state index contributed by atoms with van der Waals surface area (Å²) in [5, 5.41) is 2.55. The number of hydrogen-bond donors (Lipinski definition) is 2. The molecule has 0 bridgehead atoms. The third-order valence-corrected chi connectivity index (χ3v) is 6.11. The first kappa shape index (κ1) is 36.8. The molecule has 0 aromatic heterocycles. The van der Waals surface area contributed by atoms with Crippen molar-refractivity contribution in [2.24, 2.45) is 0 Å². The first-order chi connectivity index (χ1) is 14.4. The van der Waals surface area contributed by atoms with E-state index in [2.05, 4.69) is 12.2 Å². The molecule has 32 heavy (non-hydrogen) atoms. The van der Waals surface area contributed by atoms with E-state index in [1.54, 1.807) is 14.1 Å². The van der Waals surface area contributed by atoms with Gasteiger partial charge in [-0.1, -0.05) is 71.1 Å². The number of carbonyl (C=O) groups is 1. The van der Waals surface area contributed by atoms with Gasteiger partial charge in [0.1, 0.15) is 0 Å². The Hall–Kier alpha value is 0.250. The van der Waals surface area contributed by atoms with Gasteiger partial charge in [0.05, 0.1) is 21.6 Å². The molecule has 9 nitrogen and oxygen atoms in total. The normalized spacial score (nSPS) is 11.3. The van der Waals surface area contributed by atoms with Crippen molar-refractivity contribution in [3.63, 3.8) is 0 Å². The van der Waals surface area contributed by atoms with Gasteiger partial charge in [0, 0.05) is 26.6 Å². The van der Waals surface area contributed by atoms with Crippen LogP contribution in [0.1, 0.15) is 84.0 Å². The second kappa shape index (κ2) is 23.0. The third kappa shape index (κ3) is 32.4. The molecule has 0 fully saturated rings. The third-order valence-electron chi connectivity index (χ3n) is 4.71. The summed E-state index contributed by atoms with van der Waals surface area (Å²) >= 11 is 0. The molecule has 0 rings (SSSR count). The van der Waals surface area contributed by atoms with Crippen molar-refractivity contribution >= 4 is 26.1 Å². The molecule has 0 spiro atoms. The molecule has 0 aliphatic heterocycles. The van der Waals surface area contributed by atoms with E-state index < -0.39 is 26.0 Å². The number of carbonyl (C=O) groups excluding carboxylic acids is 1. The molecule has 0 aliphatic rings. The van der Waals surface area contributed by atoms with E-state index in [4.69, 9.17) is 4.55 Å². The van der Waals surface area contributed by atoms with E-state index in [0.717, 1.165) is 19.3 Å². The molecule has 188 valence electrons. The largest absolute Gasteiger partial charge is 1.00 e. The van der Waals surface area contributed by atoms with Crippen LogP contribution in [0.4, 0.5) is 0 Å². The second-order valence-corrected chi connectivity index (χ2v) is 10.8. The Morgan fingerprint density at radius 2 is 1.31 bits per heavy atom. The molecule has 0 aromatic carbocycles. The van der Waals surface area contributed by atoms with Crippen LogP contribution in [0.3, 0.4) is 0 Å². The molecule has 1 amide bonds. The summed E-state index contributed by atoms with van der Waals surface area (Å²) in [6.45, 7) is 2.51. The van der Waals surface area contributed by atoms with Crippen LogP contribution in [0.25, 0.3) is 0 Å². The Bertz CT molecular complexity index is 644. The zero-order chi connectivity index (χ0) is 24.2. The van der Waals surface area contributed by atoms with Gasteiger partial charge in [-0.25, -0.2) is 8.42 Å². The van der Waals surface area contributed by atoms with Gasteiger partial charge in [0.15, 0.2) is 0 Å². The maximum absolute atomic E-state index is 11.8. The Morgan fingerprint density at radius 3 is 1.66 bits per heavy atom. The topological polar surface area (TPSA) is 144 Å². The second-order valence-electron chi connectivity index (χ2n) is 7.75. The van der Waals surface area contributed by atoms with Gasteiger partial charge in [0.2, 0.25) is 5.91 Å². The molecule has 0 unspecified atom stereocenters. The predicted octanol–water partition coefficient (Wildman–Crippen LogP) is -0.211. The average molecular weight is 511 g/mol. The summed E-state index contributed by atoms with van der Waals surface area (Å²) in [7, 11) is -4.83. The van der Waals surface area contributed by atoms with Crippen molar-refractivity contribution in [2.45, 2.75) is 84.0 Å². The Morgan fingerprint density at radius 1 is 0.875 bits per heavy atom. The van der Waals surface area contributed by atoms with E-state index in [-0.39, 0.29) is 54.3 Å². The Labute approximate surface area is 218 Å². The molecule has 0 atom stereocenters. The number of rotatable bonds is 18. The van der Waals surface area contributed by atoms with Crippen LogP contribution in [0.5, 0.6) is 0 Å². The molecule has 0 saturated carbocycles. The molecule has 0 aliphatic carbocycles. The van der Waals surface area contributed by atoms with Crippen LogP contribution in [-0.2, 0) is 25.0 Å². The van der Waals surface area contributed by atoms with Gasteiger partial charge >= 0.3 is 29.6 Å². The molecule has 0 heterocycles. The van der Waals surface area contributed by atoms with Crippen LogP contribution >= 0.6 is 0 Å². The van der Waals surface area contributed by atoms with Gasteiger partial charge in [-0.15, -0.1) is 0 Å². The first-order valence-electron chi connectivity index (χ1n) is 11.2. The van der Waals surface area contributed by atoms with Crippen molar-refractivity contribution in [3.8, 4) is 0 Å². The van der Waals surface area contributed by atoms with Crippen LogP contribution in [0.15, 0.2) is 0 Å². The minimum atomic E-state index is -4.00. The fraction of sp³-hybridized carbons (Fsp3) is 0.950. The predicted molar refractivity (Wildman–Crippen MR) is 124 cm³/mol. The number of amides is 1. The quantitative estimate of drug-likeness (QED) is 0.146. The van der Waals surface area contributed by atoms with Crippen LogP contribution in [0.2, 0.25) is 0 Å². The summed E-state index contributed by atoms with van der Waals surface area (Å²) in [5.41, 5.74) is 0. The molecular formula is C20H43N2NaO7S2. The summed E-state index contributed by atoms with van der Waals surface area (Å²) in [4.78, 5) is 13.1. The fourth-order valence-electron chi connectivity index (χ4n) is 2.74. The van der Waals surface area contributed by atoms with Crippen molar-refractivity contribution < 1.29 is 60.3 Å². The van der Waals surface area contributed by atoms with Crippen LogP contribution < -0.4 is 34.9 Å².